The number of anilines is 1. The number of aromatic nitrogens is 7. The van der Waals surface area contributed by atoms with E-state index in [0.717, 1.165) is 18.4 Å². The van der Waals surface area contributed by atoms with Gasteiger partial charge in [0.15, 0.2) is 5.82 Å². The topological polar surface area (TPSA) is 103 Å². The summed E-state index contributed by atoms with van der Waals surface area (Å²) in [6.07, 6.45) is 2.13. The minimum Gasteiger partial charge on any atom is -0.319 e. The average molecular weight is 404 g/mol. The minimum atomic E-state index is -0.446. The van der Waals surface area contributed by atoms with Crippen LogP contribution in [0.1, 0.15) is 35.3 Å². The summed E-state index contributed by atoms with van der Waals surface area (Å²) >= 11 is 0. The maximum atomic E-state index is 13.2. The Hall–Kier alpha value is -3.95. The van der Waals surface area contributed by atoms with E-state index in [-0.39, 0.29) is 11.6 Å². The number of rotatable bonds is 5. The fraction of sp³-hybridized carbons (Fsp3) is 0.200. The van der Waals surface area contributed by atoms with Crippen molar-refractivity contribution in [2.45, 2.75) is 25.8 Å². The Bertz CT molecular complexity index is 1230. The minimum absolute atomic E-state index is 0.0186. The summed E-state index contributed by atoms with van der Waals surface area (Å²) in [6, 6.07) is 13.5. The Morgan fingerprint density at radius 1 is 1.17 bits per heavy atom. The lowest BCUT2D eigenvalue weighted by atomic mass is 10.2. The highest BCUT2D eigenvalue weighted by molar-refractivity contribution is 6.01. The Kier molecular flexibility index (Phi) is 4.31. The van der Waals surface area contributed by atoms with E-state index in [1.165, 1.54) is 16.8 Å². The Labute approximate surface area is 170 Å². The van der Waals surface area contributed by atoms with Crippen LogP contribution in [0, 0.1) is 12.7 Å². The summed E-state index contributed by atoms with van der Waals surface area (Å²) in [7, 11) is 0. The molecule has 1 saturated carbocycles. The van der Waals surface area contributed by atoms with Crippen molar-refractivity contribution < 1.29 is 9.18 Å². The highest BCUT2D eigenvalue weighted by atomic mass is 19.1. The number of tetrazole rings is 1. The van der Waals surface area contributed by atoms with Gasteiger partial charge in [0.05, 0.1) is 11.7 Å². The zero-order valence-corrected chi connectivity index (χ0v) is 16.0. The molecule has 0 aliphatic heterocycles. The molecule has 0 radical (unpaired) electrons. The van der Waals surface area contributed by atoms with E-state index < -0.39 is 5.91 Å². The lowest BCUT2D eigenvalue weighted by Gasteiger charge is -2.06. The molecule has 2 heterocycles. The number of carbonyl (C=O) groups excluding carboxylic acids is 1. The van der Waals surface area contributed by atoms with Gasteiger partial charge in [-0.3, -0.25) is 4.79 Å². The SMILES string of the molecule is Cc1nc(C(=O)Nc2cccc(-c3nnnn3C3CC3)c2)nn1-c1ccc(F)cc1. The lowest BCUT2D eigenvalue weighted by molar-refractivity contribution is 0.101. The first-order valence-corrected chi connectivity index (χ1v) is 9.48. The van der Waals surface area contributed by atoms with Crippen molar-refractivity contribution in [1.29, 1.82) is 0 Å². The molecule has 0 spiro atoms. The van der Waals surface area contributed by atoms with Crippen molar-refractivity contribution in [2.75, 3.05) is 5.32 Å². The predicted octanol–water partition coefficient (Wildman–Crippen LogP) is 2.96. The molecule has 10 heteroatoms. The molecule has 0 saturated heterocycles. The van der Waals surface area contributed by atoms with E-state index in [9.17, 15) is 9.18 Å². The van der Waals surface area contributed by atoms with Gasteiger partial charge in [0.25, 0.3) is 5.91 Å². The Balaban J connectivity index is 1.38. The largest absolute Gasteiger partial charge is 0.319 e. The van der Waals surface area contributed by atoms with E-state index in [2.05, 4.69) is 30.9 Å². The number of hydrogen-bond acceptors (Lipinski definition) is 6. The van der Waals surface area contributed by atoms with Crippen molar-refractivity contribution in [3.8, 4) is 17.1 Å². The molecule has 2 aromatic carbocycles. The summed E-state index contributed by atoms with van der Waals surface area (Å²) in [6.45, 7) is 1.73. The number of benzene rings is 2. The average Bonchev–Trinajstić information content (AvgIpc) is 3.33. The fourth-order valence-electron chi connectivity index (χ4n) is 3.18. The molecule has 9 nitrogen and oxygen atoms in total. The van der Waals surface area contributed by atoms with Crippen LogP contribution >= 0.6 is 0 Å². The maximum absolute atomic E-state index is 13.2. The van der Waals surface area contributed by atoms with E-state index >= 15 is 0 Å². The molecule has 2 aromatic heterocycles. The molecule has 1 amide bonds. The molecule has 1 fully saturated rings. The van der Waals surface area contributed by atoms with Gasteiger partial charge in [-0.15, -0.1) is 10.2 Å². The van der Waals surface area contributed by atoms with Gasteiger partial charge in [-0.25, -0.2) is 18.7 Å². The number of nitrogens with one attached hydrogen (secondary N) is 1. The Morgan fingerprint density at radius 2 is 1.97 bits per heavy atom. The lowest BCUT2D eigenvalue weighted by Crippen LogP contribution is -2.14. The van der Waals surface area contributed by atoms with E-state index in [1.54, 1.807) is 25.1 Å². The van der Waals surface area contributed by atoms with Gasteiger partial charge in [0, 0.05) is 11.3 Å². The summed E-state index contributed by atoms with van der Waals surface area (Å²) in [5.74, 6) is 0.414. The molecule has 150 valence electrons. The third-order valence-corrected chi connectivity index (χ3v) is 4.81. The van der Waals surface area contributed by atoms with Crippen LogP contribution in [0.3, 0.4) is 0 Å². The van der Waals surface area contributed by atoms with E-state index in [0.29, 0.717) is 29.1 Å². The first-order chi connectivity index (χ1) is 14.6. The van der Waals surface area contributed by atoms with Crippen LogP contribution in [0.25, 0.3) is 17.1 Å². The molecule has 1 aliphatic carbocycles. The highest BCUT2D eigenvalue weighted by Gasteiger charge is 2.28. The van der Waals surface area contributed by atoms with Crippen molar-refractivity contribution in [3.05, 3.63) is 66.0 Å². The van der Waals surface area contributed by atoms with Crippen molar-refractivity contribution in [3.63, 3.8) is 0 Å². The molecule has 0 unspecified atom stereocenters. The quantitative estimate of drug-likeness (QED) is 0.549. The first-order valence-electron chi connectivity index (χ1n) is 9.48. The molecule has 0 atom stereocenters. The van der Waals surface area contributed by atoms with Gasteiger partial charge >= 0.3 is 0 Å². The molecule has 0 bridgehead atoms. The van der Waals surface area contributed by atoms with Crippen LogP contribution in [0.5, 0.6) is 0 Å². The highest BCUT2D eigenvalue weighted by Crippen LogP contribution is 2.36. The zero-order chi connectivity index (χ0) is 20.7. The van der Waals surface area contributed by atoms with Crippen molar-refractivity contribution in [1.82, 2.24) is 35.0 Å². The number of halogens is 1. The van der Waals surface area contributed by atoms with Crippen LogP contribution in [-0.2, 0) is 0 Å². The molecule has 1 aliphatic rings. The molecule has 4 aromatic rings. The predicted molar refractivity (Wildman–Crippen MR) is 106 cm³/mol. The summed E-state index contributed by atoms with van der Waals surface area (Å²) in [4.78, 5) is 16.9. The number of amides is 1. The maximum Gasteiger partial charge on any atom is 0.295 e. The summed E-state index contributed by atoms with van der Waals surface area (Å²) in [5.41, 5.74) is 2.01. The van der Waals surface area contributed by atoms with Crippen LogP contribution in [-0.4, -0.2) is 40.9 Å². The van der Waals surface area contributed by atoms with Crippen molar-refractivity contribution in [2.24, 2.45) is 0 Å². The third-order valence-electron chi connectivity index (χ3n) is 4.81. The van der Waals surface area contributed by atoms with Crippen molar-refractivity contribution >= 4 is 11.6 Å². The van der Waals surface area contributed by atoms with E-state index in [1.807, 2.05) is 22.9 Å². The van der Waals surface area contributed by atoms with Gasteiger partial charge in [-0.05, 0) is 66.6 Å². The summed E-state index contributed by atoms with van der Waals surface area (Å²) in [5, 5.41) is 19.0. The molecule has 30 heavy (non-hydrogen) atoms. The van der Waals surface area contributed by atoms with E-state index in [4.69, 9.17) is 0 Å². The van der Waals surface area contributed by atoms with Crippen LogP contribution in [0.15, 0.2) is 48.5 Å². The number of nitrogens with zero attached hydrogens (tertiary/aromatic N) is 7. The zero-order valence-electron chi connectivity index (χ0n) is 16.0. The third kappa shape index (κ3) is 3.43. The van der Waals surface area contributed by atoms with Gasteiger partial charge in [-0.2, -0.15) is 0 Å². The second kappa shape index (κ2) is 7.14. The number of aryl methyl sites for hydroxylation is 1. The standard InChI is InChI=1S/C20H17FN8O/c1-12-22-18(25-28(12)16-7-5-14(21)6-8-16)20(30)23-15-4-2-3-13(11-15)19-24-26-27-29(19)17-9-10-17/h2-8,11,17H,9-10H2,1H3,(H,23,30). The normalized spacial score (nSPS) is 13.4. The second-order valence-corrected chi connectivity index (χ2v) is 7.08. The van der Waals surface area contributed by atoms with Gasteiger partial charge in [-0.1, -0.05) is 12.1 Å². The number of hydrogen-bond donors (Lipinski definition) is 1. The van der Waals surface area contributed by atoms with Crippen LogP contribution < -0.4 is 5.32 Å². The molecular formula is C20H17FN8O. The Morgan fingerprint density at radius 3 is 2.73 bits per heavy atom. The smallest absolute Gasteiger partial charge is 0.295 e. The first kappa shape index (κ1) is 18.1. The fourth-order valence-corrected chi connectivity index (χ4v) is 3.18. The molecule has 5 rings (SSSR count). The van der Waals surface area contributed by atoms with Gasteiger partial charge in [0.2, 0.25) is 5.82 Å². The number of carbonyl (C=O) groups is 1. The molecule has 1 N–H and O–H groups in total. The van der Waals surface area contributed by atoms with Crippen LogP contribution in [0.2, 0.25) is 0 Å². The van der Waals surface area contributed by atoms with Gasteiger partial charge < -0.3 is 5.32 Å². The molecular weight excluding hydrogens is 387 g/mol. The monoisotopic (exact) mass is 404 g/mol. The summed E-state index contributed by atoms with van der Waals surface area (Å²) < 4.78 is 16.5. The van der Waals surface area contributed by atoms with Gasteiger partial charge in [0.1, 0.15) is 11.6 Å². The second-order valence-electron chi connectivity index (χ2n) is 7.08. The van der Waals surface area contributed by atoms with Crippen LogP contribution in [0.4, 0.5) is 10.1 Å².